The number of benzene rings is 1. The quantitative estimate of drug-likeness (QED) is 0.478. The largest absolute Gasteiger partial charge is 0.469 e. The van der Waals surface area contributed by atoms with Gasteiger partial charge in [0.2, 0.25) is 0 Å². The number of carbonyl (C=O) groups is 1. The van der Waals surface area contributed by atoms with Gasteiger partial charge in [0.25, 0.3) is 5.69 Å². The summed E-state index contributed by atoms with van der Waals surface area (Å²) in [4.78, 5) is 20.9. The van der Waals surface area contributed by atoms with Gasteiger partial charge in [0.1, 0.15) is 5.02 Å². The predicted octanol–water partition coefficient (Wildman–Crippen LogP) is 2.62. The summed E-state index contributed by atoms with van der Waals surface area (Å²) in [6, 6.07) is 2.58. The van der Waals surface area contributed by atoms with E-state index in [1.165, 1.54) is 19.2 Å². The van der Waals surface area contributed by atoms with Gasteiger partial charge < -0.3 is 4.74 Å². The second-order valence-electron chi connectivity index (χ2n) is 2.88. The Balaban J connectivity index is 3.12. The topological polar surface area (TPSA) is 69.4 Å². The molecule has 0 aromatic heterocycles. The monoisotopic (exact) mass is 263 g/mol. The highest BCUT2D eigenvalue weighted by Gasteiger charge is 2.19. The van der Waals surface area contributed by atoms with E-state index in [2.05, 4.69) is 4.74 Å². The maximum Gasteiger partial charge on any atom is 0.310 e. The smallest absolute Gasteiger partial charge is 0.310 e. The molecule has 0 spiro atoms. The second-order valence-corrected chi connectivity index (χ2v) is 3.64. The van der Waals surface area contributed by atoms with E-state index in [9.17, 15) is 14.9 Å². The first kappa shape index (κ1) is 12.7. The molecule has 5 nitrogen and oxygen atoms in total. The van der Waals surface area contributed by atoms with Gasteiger partial charge in [-0.25, -0.2) is 0 Å². The van der Waals surface area contributed by atoms with Gasteiger partial charge >= 0.3 is 5.97 Å². The number of rotatable bonds is 3. The predicted molar refractivity (Wildman–Crippen MR) is 58.8 cm³/mol. The molecule has 0 N–H and O–H groups in total. The second kappa shape index (κ2) is 5.14. The Morgan fingerprint density at radius 2 is 2.06 bits per heavy atom. The Morgan fingerprint density at radius 3 is 2.56 bits per heavy atom. The van der Waals surface area contributed by atoms with Crippen LogP contribution in [0.3, 0.4) is 0 Å². The molecule has 0 saturated heterocycles. The highest BCUT2D eigenvalue weighted by molar-refractivity contribution is 6.43. The number of nitro benzene ring substituents is 1. The zero-order valence-electron chi connectivity index (χ0n) is 8.20. The molecule has 0 heterocycles. The van der Waals surface area contributed by atoms with Crippen LogP contribution in [0.2, 0.25) is 10.0 Å². The van der Waals surface area contributed by atoms with E-state index in [4.69, 9.17) is 23.2 Å². The third kappa shape index (κ3) is 2.62. The standard InChI is InChI=1S/C9H7Cl2NO4/c1-16-7(13)4-5-2-3-6(12(14)15)9(11)8(5)10/h2-3H,4H2,1H3. The molecule has 0 atom stereocenters. The molecule has 1 aromatic carbocycles. The van der Waals surface area contributed by atoms with Crippen LogP contribution < -0.4 is 0 Å². The number of hydrogen-bond donors (Lipinski definition) is 0. The molecule has 0 bridgehead atoms. The maximum absolute atomic E-state index is 11.0. The summed E-state index contributed by atoms with van der Waals surface area (Å²) in [6.45, 7) is 0. The SMILES string of the molecule is COC(=O)Cc1ccc([N+](=O)[O-])c(Cl)c1Cl. The normalized spacial score (nSPS) is 9.94. The highest BCUT2D eigenvalue weighted by Crippen LogP contribution is 2.34. The third-order valence-electron chi connectivity index (χ3n) is 1.90. The Morgan fingerprint density at radius 1 is 1.44 bits per heavy atom. The van der Waals surface area contributed by atoms with Crippen molar-refractivity contribution in [3.8, 4) is 0 Å². The number of nitro groups is 1. The summed E-state index contributed by atoms with van der Waals surface area (Å²) in [6.07, 6.45) is -0.0763. The lowest BCUT2D eigenvalue weighted by Crippen LogP contribution is -2.05. The van der Waals surface area contributed by atoms with Gasteiger partial charge in [0.15, 0.2) is 0 Å². The lowest BCUT2D eigenvalue weighted by atomic mass is 10.1. The fourth-order valence-corrected chi connectivity index (χ4v) is 1.56. The molecular formula is C9H7Cl2NO4. The minimum Gasteiger partial charge on any atom is -0.469 e. The summed E-state index contributed by atoms with van der Waals surface area (Å²) in [5.41, 5.74) is 0.101. The average Bonchev–Trinajstić information content (AvgIpc) is 2.24. The lowest BCUT2D eigenvalue weighted by molar-refractivity contribution is -0.384. The van der Waals surface area contributed by atoms with Crippen LogP contribution >= 0.6 is 23.2 Å². The molecule has 1 aromatic rings. The Bertz CT molecular complexity index is 447. The zero-order valence-corrected chi connectivity index (χ0v) is 9.71. The van der Waals surface area contributed by atoms with E-state index < -0.39 is 10.9 Å². The Labute approximate surface area is 101 Å². The maximum atomic E-state index is 11.0. The molecule has 0 aliphatic rings. The van der Waals surface area contributed by atoms with Crippen LogP contribution in [0.1, 0.15) is 5.56 Å². The summed E-state index contributed by atoms with van der Waals surface area (Å²) in [7, 11) is 1.24. The molecule has 0 radical (unpaired) electrons. The molecule has 0 unspecified atom stereocenters. The van der Waals surface area contributed by atoms with Crippen molar-refractivity contribution in [2.45, 2.75) is 6.42 Å². The van der Waals surface area contributed by atoms with E-state index in [0.717, 1.165) is 0 Å². The van der Waals surface area contributed by atoms with E-state index in [1.807, 2.05) is 0 Å². The number of halogens is 2. The summed E-state index contributed by atoms with van der Waals surface area (Å²) < 4.78 is 4.45. The van der Waals surface area contributed by atoms with Crippen molar-refractivity contribution in [2.75, 3.05) is 7.11 Å². The first-order valence-corrected chi connectivity index (χ1v) is 4.91. The van der Waals surface area contributed by atoms with Crippen LogP contribution in [0.15, 0.2) is 12.1 Å². The number of esters is 1. The van der Waals surface area contributed by atoms with Gasteiger partial charge in [-0.15, -0.1) is 0 Å². The van der Waals surface area contributed by atoms with Crippen LogP contribution in [0.4, 0.5) is 5.69 Å². The van der Waals surface area contributed by atoms with Crippen molar-refractivity contribution < 1.29 is 14.5 Å². The van der Waals surface area contributed by atoms with Crippen LogP contribution in [0.5, 0.6) is 0 Å². The Kier molecular flexibility index (Phi) is 4.09. The van der Waals surface area contributed by atoms with Gasteiger partial charge in [-0.1, -0.05) is 29.3 Å². The number of ether oxygens (including phenoxy) is 1. The van der Waals surface area contributed by atoms with Crippen molar-refractivity contribution in [1.82, 2.24) is 0 Å². The van der Waals surface area contributed by atoms with Crippen LogP contribution in [0, 0.1) is 10.1 Å². The van der Waals surface area contributed by atoms with Crippen molar-refractivity contribution in [3.05, 3.63) is 37.9 Å². The molecule has 0 amide bonds. The fourth-order valence-electron chi connectivity index (χ4n) is 1.08. The van der Waals surface area contributed by atoms with Crippen molar-refractivity contribution in [1.29, 1.82) is 0 Å². The van der Waals surface area contributed by atoms with Crippen molar-refractivity contribution >= 4 is 34.9 Å². The first-order valence-electron chi connectivity index (χ1n) is 4.15. The lowest BCUT2D eigenvalue weighted by Gasteiger charge is -2.04. The van der Waals surface area contributed by atoms with E-state index in [0.29, 0.717) is 5.56 Å². The summed E-state index contributed by atoms with van der Waals surface area (Å²) in [5, 5.41) is 10.4. The Hall–Kier alpha value is -1.33. The summed E-state index contributed by atoms with van der Waals surface area (Å²) in [5.74, 6) is -0.494. The minimum atomic E-state index is -0.643. The van der Waals surface area contributed by atoms with Crippen molar-refractivity contribution in [2.24, 2.45) is 0 Å². The first-order chi connectivity index (χ1) is 7.47. The zero-order chi connectivity index (χ0) is 12.3. The molecule has 0 aliphatic heterocycles. The number of methoxy groups -OCH3 is 1. The van der Waals surface area contributed by atoms with Crippen molar-refractivity contribution in [3.63, 3.8) is 0 Å². The number of carbonyl (C=O) groups excluding carboxylic acids is 1. The van der Waals surface area contributed by atoms with Gasteiger partial charge in [-0.2, -0.15) is 0 Å². The van der Waals surface area contributed by atoms with Crippen LogP contribution in [-0.4, -0.2) is 18.0 Å². The van der Waals surface area contributed by atoms with Crippen LogP contribution in [0.25, 0.3) is 0 Å². The van der Waals surface area contributed by atoms with Crippen LogP contribution in [-0.2, 0) is 16.0 Å². The molecule has 7 heteroatoms. The molecule has 0 aliphatic carbocycles. The van der Waals surface area contributed by atoms with E-state index in [1.54, 1.807) is 0 Å². The highest BCUT2D eigenvalue weighted by atomic mass is 35.5. The molecule has 0 fully saturated rings. The van der Waals surface area contributed by atoms with Gasteiger partial charge in [-0.05, 0) is 5.56 Å². The molecule has 0 saturated carbocycles. The fraction of sp³-hybridized carbons (Fsp3) is 0.222. The average molecular weight is 264 g/mol. The number of hydrogen-bond acceptors (Lipinski definition) is 4. The minimum absolute atomic E-state index is 0.00117. The van der Waals surface area contributed by atoms with Gasteiger partial charge in [0, 0.05) is 6.07 Å². The number of nitrogens with zero attached hydrogens (tertiary/aromatic N) is 1. The molecule has 16 heavy (non-hydrogen) atoms. The molecule has 1 rings (SSSR count). The van der Waals surface area contributed by atoms with Gasteiger partial charge in [0.05, 0.1) is 23.5 Å². The van der Waals surface area contributed by atoms with Gasteiger partial charge in [-0.3, -0.25) is 14.9 Å². The van der Waals surface area contributed by atoms with E-state index in [-0.39, 0.29) is 22.2 Å². The summed E-state index contributed by atoms with van der Waals surface area (Å²) >= 11 is 11.5. The molecular weight excluding hydrogens is 257 g/mol. The van der Waals surface area contributed by atoms with E-state index >= 15 is 0 Å². The molecule has 86 valence electrons. The third-order valence-corrected chi connectivity index (χ3v) is 2.81.